The van der Waals surface area contributed by atoms with Crippen molar-refractivity contribution in [1.29, 1.82) is 0 Å². The van der Waals surface area contributed by atoms with Gasteiger partial charge in [-0.2, -0.15) is 0 Å². The first kappa shape index (κ1) is 17.0. The number of sulfonamides is 1. The third-order valence-corrected chi connectivity index (χ3v) is 5.94. The van der Waals surface area contributed by atoms with Gasteiger partial charge in [-0.1, -0.05) is 43.2 Å². The molecule has 1 aromatic heterocycles. The highest BCUT2D eigenvalue weighted by Crippen LogP contribution is 2.28. The van der Waals surface area contributed by atoms with E-state index in [0.717, 1.165) is 31.2 Å². The number of nitrogens with two attached hydrogens (primary N) is 1. The number of aromatic nitrogens is 2. The lowest BCUT2D eigenvalue weighted by molar-refractivity contribution is 0.405. The summed E-state index contributed by atoms with van der Waals surface area (Å²) in [5.41, 5.74) is 6.63. The summed E-state index contributed by atoms with van der Waals surface area (Å²) in [6, 6.07) is 9.21. The first-order valence-corrected chi connectivity index (χ1v) is 9.68. The fraction of sp³-hybridized carbons (Fsp3) is 0.412. The summed E-state index contributed by atoms with van der Waals surface area (Å²) in [6.07, 6.45) is 7.01. The Labute approximate surface area is 142 Å². The summed E-state index contributed by atoms with van der Waals surface area (Å²) in [4.78, 5) is 8.44. The highest BCUT2D eigenvalue weighted by Gasteiger charge is 2.28. The maximum Gasteiger partial charge on any atom is 0.243 e. The smallest absolute Gasteiger partial charge is 0.243 e. The Morgan fingerprint density at radius 3 is 2.33 bits per heavy atom. The first-order chi connectivity index (χ1) is 11.6. The summed E-state index contributed by atoms with van der Waals surface area (Å²) in [6.45, 7) is 0.298. The second kappa shape index (κ2) is 7.38. The quantitative estimate of drug-likeness (QED) is 0.833. The standard InChI is InChI=1S/C17H22N4O2S/c18-10-16(13-6-4-5-7-13)21-24(22,23)15-11-19-17(20-12-15)14-8-2-1-3-9-14/h1-3,8-9,11-13,16,21H,4-7,10,18H2. The van der Waals surface area contributed by atoms with Gasteiger partial charge in [-0.25, -0.2) is 23.1 Å². The van der Waals surface area contributed by atoms with Crippen LogP contribution in [0.1, 0.15) is 25.7 Å². The van der Waals surface area contributed by atoms with Crippen LogP contribution < -0.4 is 10.5 Å². The molecule has 1 heterocycles. The van der Waals surface area contributed by atoms with Gasteiger partial charge in [0.15, 0.2) is 5.82 Å². The molecule has 3 rings (SSSR count). The topological polar surface area (TPSA) is 98.0 Å². The van der Waals surface area contributed by atoms with E-state index in [-0.39, 0.29) is 10.9 Å². The average molecular weight is 346 g/mol. The molecule has 128 valence electrons. The van der Waals surface area contributed by atoms with Crippen molar-refractivity contribution in [2.45, 2.75) is 36.6 Å². The zero-order valence-corrected chi connectivity index (χ0v) is 14.2. The van der Waals surface area contributed by atoms with Gasteiger partial charge >= 0.3 is 0 Å². The molecule has 1 atom stereocenters. The lowest BCUT2D eigenvalue weighted by Crippen LogP contribution is -2.44. The minimum absolute atomic E-state index is 0.0682. The number of rotatable bonds is 6. The van der Waals surface area contributed by atoms with E-state index in [2.05, 4.69) is 14.7 Å². The van der Waals surface area contributed by atoms with E-state index in [4.69, 9.17) is 5.73 Å². The predicted octanol–water partition coefficient (Wildman–Crippen LogP) is 1.94. The van der Waals surface area contributed by atoms with Crippen LogP contribution in [0.3, 0.4) is 0 Å². The summed E-state index contributed by atoms with van der Waals surface area (Å²) in [5.74, 6) is 0.815. The fourth-order valence-electron chi connectivity index (χ4n) is 3.16. The van der Waals surface area contributed by atoms with Crippen LogP contribution in [0, 0.1) is 5.92 Å². The van der Waals surface area contributed by atoms with E-state index in [1.54, 1.807) is 0 Å². The van der Waals surface area contributed by atoms with Crippen molar-refractivity contribution < 1.29 is 8.42 Å². The van der Waals surface area contributed by atoms with E-state index < -0.39 is 10.0 Å². The van der Waals surface area contributed by atoms with Gasteiger partial charge < -0.3 is 5.73 Å². The number of hydrogen-bond acceptors (Lipinski definition) is 5. The number of nitrogens with zero attached hydrogens (tertiary/aromatic N) is 2. The molecule has 0 radical (unpaired) electrons. The second-order valence-electron chi connectivity index (χ2n) is 6.12. The average Bonchev–Trinajstić information content (AvgIpc) is 3.15. The van der Waals surface area contributed by atoms with E-state index >= 15 is 0 Å². The minimum Gasteiger partial charge on any atom is -0.329 e. The van der Waals surface area contributed by atoms with E-state index in [1.807, 2.05) is 30.3 Å². The van der Waals surface area contributed by atoms with Gasteiger partial charge in [0.05, 0.1) is 12.4 Å². The van der Waals surface area contributed by atoms with Crippen LogP contribution in [0.2, 0.25) is 0 Å². The van der Waals surface area contributed by atoms with Gasteiger partial charge in [-0.15, -0.1) is 0 Å². The van der Waals surface area contributed by atoms with Crippen LogP contribution in [0.15, 0.2) is 47.6 Å². The molecule has 7 heteroatoms. The summed E-state index contributed by atoms with van der Waals surface area (Å²) < 4.78 is 27.8. The third-order valence-electron chi connectivity index (χ3n) is 4.50. The number of hydrogen-bond donors (Lipinski definition) is 2. The minimum atomic E-state index is -3.66. The van der Waals surface area contributed by atoms with Crippen LogP contribution in [0.5, 0.6) is 0 Å². The van der Waals surface area contributed by atoms with Crippen molar-refractivity contribution >= 4 is 10.0 Å². The van der Waals surface area contributed by atoms with Gasteiger partial charge in [-0.3, -0.25) is 0 Å². The Hall–Kier alpha value is -1.83. The molecule has 3 N–H and O–H groups in total. The molecule has 0 aliphatic heterocycles. The number of benzene rings is 1. The summed E-state index contributed by atoms with van der Waals surface area (Å²) >= 11 is 0. The Balaban J connectivity index is 1.77. The van der Waals surface area contributed by atoms with Gasteiger partial charge in [0.2, 0.25) is 10.0 Å². The second-order valence-corrected chi connectivity index (χ2v) is 7.83. The molecule has 1 unspecified atom stereocenters. The molecule has 0 spiro atoms. The maximum atomic E-state index is 12.6. The normalized spacial score (nSPS) is 17.0. The highest BCUT2D eigenvalue weighted by molar-refractivity contribution is 7.89. The van der Waals surface area contributed by atoms with Gasteiger partial charge in [0.25, 0.3) is 0 Å². The molecule has 1 aliphatic carbocycles. The molecule has 0 bridgehead atoms. The molecule has 2 aromatic rings. The summed E-state index contributed by atoms with van der Waals surface area (Å²) in [5, 5.41) is 0. The van der Waals surface area contributed by atoms with Crippen LogP contribution in [-0.2, 0) is 10.0 Å². The maximum absolute atomic E-state index is 12.6. The van der Waals surface area contributed by atoms with Crippen LogP contribution in [0.25, 0.3) is 11.4 Å². The Kier molecular flexibility index (Phi) is 5.23. The number of nitrogens with one attached hydrogen (secondary N) is 1. The predicted molar refractivity (Wildman–Crippen MR) is 92.6 cm³/mol. The Bertz CT molecular complexity index is 757. The molecule has 1 aromatic carbocycles. The van der Waals surface area contributed by atoms with Crippen molar-refractivity contribution in [1.82, 2.24) is 14.7 Å². The molecular weight excluding hydrogens is 324 g/mol. The molecular formula is C17H22N4O2S. The molecule has 1 fully saturated rings. The summed E-state index contributed by atoms with van der Waals surface area (Å²) in [7, 11) is -3.66. The van der Waals surface area contributed by atoms with Crippen molar-refractivity contribution in [3.63, 3.8) is 0 Å². The third kappa shape index (κ3) is 3.80. The van der Waals surface area contributed by atoms with Crippen molar-refractivity contribution in [2.75, 3.05) is 6.54 Å². The SMILES string of the molecule is NCC(NS(=O)(=O)c1cnc(-c2ccccc2)nc1)C1CCCC1. The van der Waals surface area contributed by atoms with E-state index in [1.165, 1.54) is 12.4 Å². The van der Waals surface area contributed by atoms with Crippen molar-refractivity contribution in [3.05, 3.63) is 42.7 Å². The lowest BCUT2D eigenvalue weighted by atomic mass is 9.99. The van der Waals surface area contributed by atoms with Crippen LogP contribution in [-0.4, -0.2) is 31.0 Å². The molecule has 0 saturated heterocycles. The lowest BCUT2D eigenvalue weighted by Gasteiger charge is -2.22. The zero-order chi connectivity index (χ0) is 17.0. The molecule has 1 saturated carbocycles. The van der Waals surface area contributed by atoms with Crippen LogP contribution >= 0.6 is 0 Å². The van der Waals surface area contributed by atoms with Gasteiger partial charge in [-0.05, 0) is 18.8 Å². The largest absolute Gasteiger partial charge is 0.329 e. The fourth-order valence-corrected chi connectivity index (χ4v) is 4.36. The molecule has 0 amide bonds. The molecule has 24 heavy (non-hydrogen) atoms. The highest BCUT2D eigenvalue weighted by atomic mass is 32.2. The molecule has 6 nitrogen and oxygen atoms in total. The Morgan fingerprint density at radius 1 is 1.12 bits per heavy atom. The molecule has 1 aliphatic rings. The van der Waals surface area contributed by atoms with E-state index in [9.17, 15) is 8.42 Å². The van der Waals surface area contributed by atoms with Crippen LogP contribution in [0.4, 0.5) is 0 Å². The van der Waals surface area contributed by atoms with Crippen molar-refractivity contribution in [2.24, 2.45) is 11.7 Å². The Morgan fingerprint density at radius 2 is 1.75 bits per heavy atom. The zero-order valence-electron chi connectivity index (χ0n) is 13.4. The van der Waals surface area contributed by atoms with Gasteiger partial charge in [0, 0.05) is 18.2 Å². The van der Waals surface area contributed by atoms with Crippen molar-refractivity contribution in [3.8, 4) is 11.4 Å². The van der Waals surface area contributed by atoms with Gasteiger partial charge in [0.1, 0.15) is 4.90 Å². The monoisotopic (exact) mass is 346 g/mol. The van der Waals surface area contributed by atoms with E-state index in [0.29, 0.717) is 18.3 Å². The first-order valence-electron chi connectivity index (χ1n) is 8.20.